The van der Waals surface area contributed by atoms with E-state index in [2.05, 4.69) is 11.1 Å². The molecule has 1 aromatic heterocycles. The molecule has 0 radical (unpaired) electrons. The predicted octanol–water partition coefficient (Wildman–Crippen LogP) is 2.22. The summed E-state index contributed by atoms with van der Waals surface area (Å²) in [5, 5.41) is 0. The van der Waals surface area contributed by atoms with Crippen LogP contribution in [0.5, 0.6) is 0 Å². The van der Waals surface area contributed by atoms with Crippen LogP contribution in [0.3, 0.4) is 0 Å². The molecule has 1 heterocycles. The lowest BCUT2D eigenvalue weighted by Crippen LogP contribution is -2.13. The average Bonchev–Trinajstić information content (AvgIpc) is 2.14. The van der Waals surface area contributed by atoms with Gasteiger partial charge in [0.05, 0.1) is 5.69 Å². The van der Waals surface area contributed by atoms with Crippen molar-refractivity contribution in [3.8, 4) is 0 Å². The molecular weight excluding hydrogens is 160 g/mol. The molecule has 0 fully saturated rings. The molecule has 2 N–H and O–H groups in total. The maximum atomic E-state index is 5.62. The van der Waals surface area contributed by atoms with Crippen LogP contribution in [0.1, 0.15) is 25.5 Å². The van der Waals surface area contributed by atoms with Gasteiger partial charge in [-0.3, -0.25) is 4.98 Å². The fourth-order valence-corrected chi connectivity index (χ4v) is 1.04. The predicted molar refractivity (Wildman–Crippen MR) is 56.2 cm³/mol. The Hall–Kier alpha value is -1.15. The lowest BCUT2D eigenvalue weighted by molar-refractivity contribution is 0.677. The number of nitrogens with two attached hydrogens (primary N) is 1. The Labute approximate surface area is 79.5 Å². The molecule has 1 unspecified atom stereocenters. The standard InChI is InChI=1S/C11H16N2/c1-10(12)6-2-3-7-11-8-4-5-9-13-11/h3-5,7-10H,2,6,12H2,1H3/b7-3+. The zero-order valence-corrected chi connectivity index (χ0v) is 7.98. The minimum Gasteiger partial charge on any atom is -0.328 e. The van der Waals surface area contributed by atoms with Crippen LogP contribution in [-0.2, 0) is 0 Å². The van der Waals surface area contributed by atoms with E-state index in [1.165, 1.54) is 0 Å². The van der Waals surface area contributed by atoms with Crippen LogP contribution in [-0.4, -0.2) is 11.0 Å². The summed E-state index contributed by atoms with van der Waals surface area (Å²) in [6.45, 7) is 2.02. The summed E-state index contributed by atoms with van der Waals surface area (Å²) in [5.74, 6) is 0. The number of hydrogen-bond donors (Lipinski definition) is 1. The number of allylic oxidation sites excluding steroid dienone is 1. The van der Waals surface area contributed by atoms with Crippen molar-refractivity contribution in [2.45, 2.75) is 25.8 Å². The van der Waals surface area contributed by atoms with Crippen molar-refractivity contribution in [1.82, 2.24) is 4.98 Å². The van der Waals surface area contributed by atoms with Crippen molar-refractivity contribution >= 4 is 6.08 Å². The normalized spacial score (nSPS) is 13.4. The molecule has 70 valence electrons. The molecule has 0 spiro atoms. The molecular formula is C11H16N2. The molecule has 0 aliphatic carbocycles. The van der Waals surface area contributed by atoms with Crippen molar-refractivity contribution in [1.29, 1.82) is 0 Å². The molecule has 0 saturated heterocycles. The van der Waals surface area contributed by atoms with Crippen molar-refractivity contribution in [2.24, 2.45) is 5.73 Å². The zero-order chi connectivity index (χ0) is 9.52. The van der Waals surface area contributed by atoms with Crippen LogP contribution in [0.2, 0.25) is 0 Å². The molecule has 0 saturated carbocycles. The highest BCUT2D eigenvalue weighted by Crippen LogP contribution is 2.00. The van der Waals surface area contributed by atoms with Gasteiger partial charge >= 0.3 is 0 Å². The Morgan fingerprint density at radius 1 is 1.54 bits per heavy atom. The van der Waals surface area contributed by atoms with E-state index in [1.54, 1.807) is 6.20 Å². The van der Waals surface area contributed by atoms with Crippen molar-refractivity contribution in [2.75, 3.05) is 0 Å². The van der Waals surface area contributed by atoms with E-state index in [0.717, 1.165) is 18.5 Å². The fraction of sp³-hybridized carbons (Fsp3) is 0.364. The second-order valence-corrected chi connectivity index (χ2v) is 3.21. The Kier molecular flexibility index (Phi) is 4.19. The summed E-state index contributed by atoms with van der Waals surface area (Å²) >= 11 is 0. The van der Waals surface area contributed by atoms with Crippen molar-refractivity contribution in [3.63, 3.8) is 0 Å². The van der Waals surface area contributed by atoms with Gasteiger partial charge in [0.2, 0.25) is 0 Å². The average molecular weight is 176 g/mol. The first-order chi connectivity index (χ1) is 6.29. The molecule has 1 aromatic rings. The summed E-state index contributed by atoms with van der Waals surface area (Å²) in [6.07, 6.45) is 8.00. The third-order valence-corrected chi connectivity index (χ3v) is 1.77. The van der Waals surface area contributed by atoms with Gasteiger partial charge in [-0.25, -0.2) is 0 Å². The molecule has 1 rings (SSSR count). The largest absolute Gasteiger partial charge is 0.328 e. The highest BCUT2D eigenvalue weighted by atomic mass is 14.6. The van der Waals surface area contributed by atoms with Gasteiger partial charge in [-0.1, -0.05) is 12.1 Å². The first kappa shape index (κ1) is 9.93. The minimum atomic E-state index is 0.286. The number of nitrogens with zero attached hydrogens (tertiary/aromatic N) is 1. The maximum Gasteiger partial charge on any atom is 0.0626 e. The SMILES string of the molecule is CC(N)CC/C=C/c1ccccn1. The van der Waals surface area contributed by atoms with E-state index in [9.17, 15) is 0 Å². The van der Waals surface area contributed by atoms with Crippen LogP contribution in [0, 0.1) is 0 Å². The van der Waals surface area contributed by atoms with E-state index in [1.807, 2.05) is 31.2 Å². The second-order valence-electron chi connectivity index (χ2n) is 3.21. The van der Waals surface area contributed by atoms with Crippen LogP contribution in [0.25, 0.3) is 6.08 Å². The summed E-state index contributed by atoms with van der Waals surface area (Å²) in [6, 6.07) is 6.17. The molecule has 0 aromatic carbocycles. The Balaban J connectivity index is 2.33. The molecule has 0 amide bonds. The van der Waals surface area contributed by atoms with Gasteiger partial charge in [0, 0.05) is 12.2 Å². The highest BCUT2D eigenvalue weighted by molar-refractivity contribution is 5.43. The summed E-state index contributed by atoms with van der Waals surface area (Å²) in [5.41, 5.74) is 6.63. The highest BCUT2D eigenvalue weighted by Gasteiger charge is 1.90. The van der Waals surface area contributed by atoms with E-state index in [-0.39, 0.29) is 6.04 Å². The molecule has 0 aliphatic rings. The second kappa shape index (κ2) is 5.49. The van der Waals surface area contributed by atoms with Gasteiger partial charge in [-0.2, -0.15) is 0 Å². The molecule has 2 heteroatoms. The molecule has 0 bridgehead atoms. The monoisotopic (exact) mass is 176 g/mol. The van der Waals surface area contributed by atoms with E-state index < -0.39 is 0 Å². The molecule has 0 aliphatic heterocycles. The lowest BCUT2D eigenvalue weighted by Gasteiger charge is -1.99. The quantitative estimate of drug-likeness (QED) is 0.764. The van der Waals surface area contributed by atoms with Crippen LogP contribution in [0.15, 0.2) is 30.5 Å². The van der Waals surface area contributed by atoms with Crippen molar-refractivity contribution < 1.29 is 0 Å². The Bertz CT molecular complexity index is 252. The maximum absolute atomic E-state index is 5.62. The Morgan fingerprint density at radius 3 is 3.00 bits per heavy atom. The molecule has 1 atom stereocenters. The first-order valence-corrected chi connectivity index (χ1v) is 4.62. The summed E-state index contributed by atoms with van der Waals surface area (Å²) in [7, 11) is 0. The number of aromatic nitrogens is 1. The molecule has 2 nitrogen and oxygen atoms in total. The van der Waals surface area contributed by atoms with E-state index >= 15 is 0 Å². The van der Waals surface area contributed by atoms with Gasteiger partial charge in [-0.05, 0) is 38.0 Å². The summed E-state index contributed by atoms with van der Waals surface area (Å²) in [4.78, 5) is 4.18. The van der Waals surface area contributed by atoms with Gasteiger partial charge < -0.3 is 5.73 Å². The Morgan fingerprint density at radius 2 is 2.38 bits per heavy atom. The lowest BCUT2D eigenvalue weighted by atomic mass is 10.2. The molecule has 13 heavy (non-hydrogen) atoms. The van der Waals surface area contributed by atoms with Gasteiger partial charge in [0.1, 0.15) is 0 Å². The number of pyridine rings is 1. The van der Waals surface area contributed by atoms with Gasteiger partial charge in [0.25, 0.3) is 0 Å². The number of rotatable bonds is 4. The third kappa shape index (κ3) is 4.43. The first-order valence-electron chi connectivity index (χ1n) is 4.62. The van der Waals surface area contributed by atoms with Gasteiger partial charge in [-0.15, -0.1) is 0 Å². The van der Waals surface area contributed by atoms with Gasteiger partial charge in [0.15, 0.2) is 0 Å². The third-order valence-electron chi connectivity index (χ3n) is 1.77. The van der Waals surface area contributed by atoms with Crippen molar-refractivity contribution in [3.05, 3.63) is 36.2 Å². The topological polar surface area (TPSA) is 38.9 Å². The smallest absolute Gasteiger partial charge is 0.0626 e. The van der Waals surface area contributed by atoms with Crippen LogP contribution < -0.4 is 5.73 Å². The van der Waals surface area contributed by atoms with E-state index in [4.69, 9.17) is 5.73 Å². The minimum absolute atomic E-state index is 0.286. The zero-order valence-electron chi connectivity index (χ0n) is 7.98. The summed E-state index contributed by atoms with van der Waals surface area (Å²) < 4.78 is 0. The van der Waals surface area contributed by atoms with E-state index in [0.29, 0.717) is 0 Å². The van der Waals surface area contributed by atoms with Crippen LogP contribution in [0.4, 0.5) is 0 Å². The number of hydrogen-bond acceptors (Lipinski definition) is 2. The fourth-order valence-electron chi connectivity index (χ4n) is 1.04. The van der Waals surface area contributed by atoms with Crippen LogP contribution >= 0.6 is 0 Å².